The maximum Gasteiger partial charge on any atom is 0.331 e. The van der Waals surface area contributed by atoms with Crippen LogP contribution in [-0.4, -0.2) is 48.8 Å². The van der Waals surface area contributed by atoms with Crippen LogP contribution >= 0.6 is 11.6 Å². The number of hydrogen-bond donors (Lipinski definition) is 1. The van der Waals surface area contributed by atoms with Gasteiger partial charge >= 0.3 is 23.9 Å². The van der Waals surface area contributed by atoms with E-state index in [2.05, 4.69) is 11.3 Å². The first-order chi connectivity index (χ1) is 14.8. The maximum absolute atomic E-state index is 11.0. The minimum atomic E-state index is -1.15. The standard InChI is InChI=1S/C12H20O4.C8H12O4.C2H3Cl/c1-3-5-9-15-11(13)7-8-12(14)16-10-6-4-2;1-2-3-6-12-8(11)5-4-7(9)10;1-2-3/h7-8H,3-6,9-10H2,1-2H3;4-5H,2-3,6H2,1H3,(H,9,10);2H,1H2/b8-7-;5-4-;. The molecule has 31 heavy (non-hydrogen) atoms. The molecule has 0 spiro atoms. The van der Waals surface area contributed by atoms with Crippen molar-refractivity contribution < 1.29 is 38.5 Å². The van der Waals surface area contributed by atoms with Crippen LogP contribution in [0.2, 0.25) is 0 Å². The number of aliphatic carboxylic acids is 1. The van der Waals surface area contributed by atoms with Crippen molar-refractivity contribution in [2.75, 3.05) is 19.8 Å². The lowest BCUT2D eigenvalue weighted by Gasteiger charge is -2.00. The molecule has 0 aliphatic rings. The highest BCUT2D eigenvalue weighted by Crippen LogP contribution is 1.92. The lowest BCUT2D eigenvalue weighted by atomic mass is 10.4. The van der Waals surface area contributed by atoms with Crippen LogP contribution in [0.5, 0.6) is 0 Å². The van der Waals surface area contributed by atoms with E-state index in [0.29, 0.717) is 19.8 Å². The van der Waals surface area contributed by atoms with Crippen molar-refractivity contribution in [3.8, 4) is 0 Å². The Morgan fingerprint density at radius 2 is 0.968 bits per heavy atom. The lowest BCUT2D eigenvalue weighted by molar-refractivity contribution is -0.140. The smallest absolute Gasteiger partial charge is 0.331 e. The number of esters is 3. The fraction of sp³-hybridized carbons (Fsp3) is 0.545. The van der Waals surface area contributed by atoms with E-state index in [0.717, 1.165) is 62.8 Å². The predicted octanol–water partition coefficient (Wildman–Crippen LogP) is 4.57. The molecule has 0 atom stereocenters. The molecule has 0 saturated carbocycles. The van der Waals surface area contributed by atoms with Gasteiger partial charge in [-0.15, -0.1) is 0 Å². The number of hydrogen-bond acceptors (Lipinski definition) is 7. The van der Waals surface area contributed by atoms with Crippen molar-refractivity contribution >= 4 is 35.5 Å². The first-order valence-corrected chi connectivity index (χ1v) is 10.5. The van der Waals surface area contributed by atoms with E-state index in [1.807, 2.05) is 20.8 Å². The van der Waals surface area contributed by atoms with Gasteiger partial charge in [-0.1, -0.05) is 58.2 Å². The molecule has 0 aromatic heterocycles. The van der Waals surface area contributed by atoms with Crippen LogP contribution in [0.4, 0.5) is 0 Å². The van der Waals surface area contributed by atoms with E-state index >= 15 is 0 Å². The number of carboxylic acid groups (broad SMARTS) is 1. The molecule has 0 aromatic carbocycles. The van der Waals surface area contributed by atoms with Gasteiger partial charge in [0.2, 0.25) is 0 Å². The molecular formula is C22H35ClO8. The van der Waals surface area contributed by atoms with Crippen LogP contribution in [0.15, 0.2) is 36.4 Å². The third kappa shape index (κ3) is 35.2. The van der Waals surface area contributed by atoms with Crippen molar-refractivity contribution in [2.24, 2.45) is 0 Å². The van der Waals surface area contributed by atoms with Crippen molar-refractivity contribution in [3.05, 3.63) is 36.4 Å². The van der Waals surface area contributed by atoms with E-state index in [-0.39, 0.29) is 0 Å². The molecule has 9 heteroatoms. The Balaban J connectivity index is -0.000000462. The van der Waals surface area contributed by atoms with E-state index in [9.17, 15) is 19.2 Å². The molecule has 0 rings (SSSR count). The van der Waals surface area contributed by atoms with Gasteiger partial charge in [0, 0.05) is 24.3 Å². The van der Waals surface area contributed by atoms with Crippen molar-refractivity contribution in [2.45, 2.75) is 59.3 Å². The average molecular weight is 463 g/mol. The Kier molecular flexibility index (Phi) is 29.2. The third-order valence-corrected chi connectivity index (χ3v) is 2.94. The molecule has 0 aliphatic heterocycles. The van der Waals surface area contributed by atoms with Gasteiger partial charge in [0.15, 0.2) is 0 Å². The van der Waals surface area contributed by atoms with Crippen LogP contribution in [0.3, 0.4) is 0 Å². The minimum Gasteiger partial charge on any atom is -0.478 e. The van der Waals surface area contributed by atoms with Crippen molar-refractivity contribution in [3.63, 3.8) is 0 Å². The summed E-state index contributed by atoms with van der Waals surface area (Å²) < 4.78 is 14.3. The molecule has 0 heterocycles. The number of ether oxygens (including phenoxy) is 3. The van der Waals surface area contributed by atoms with Gasteiger partial charge in [0.25, 0.3) is 0 Å². The lowest BCUT2D eigenvalue weighted by Crippen LogP contribution is -2.05. The molecule has 178 valence electrons. The maximum atomic E-state index is 11.0. The van der Waals surface area contributed by atoms with E-state index in [4.69, 9.17) is 26.2 Å². The zero-order valence-corrected chi connectivity index (χ0v) is 19.4. The number of unbranched alkanes of at least 4 members (excludes halogenated alkanes) is 3. The second-order valence-electron chi connectivity index (χ2n) is 5.72. The quantitative estimate of drug-likeness (QED) is 0.183. The molecule has 0 amide bonds. The summed E-state index contributed by atoms with van der Waals surface area (Å²) >= 11 is 4.76. The number of halogens is 1. The summed E-state index contributed by atoms with van der Waals surface area (Å²) in [5.74, 6) is -2.75. The normalized spacial score (nSPS) is 9.68. The monoisotopic (exact) mass is 462 g/mol. The molecule has 1 N–H and O–H groups in total. The highest BCUT2D eigenvalue weighted by molar-refractivity contribution is 6.25. The second kappa shape index (κ2) is 27.4. The summed E-state index contributed by atoms with van der Waals surface area (Å²) in [6.45, 7) is 10.3. The average Bonchev–Trinajstić information content (AvgIpc) is 2.72. The molecule has 0 aromatic rings. The van der Waals surface area contributed by atoms with Gasteiger partial charge in [0.05, 0.1) is 19.8 Å². The first-order valence-electron chi connectivity index (χ1n) is 10.1. The highest BCUT2D eigenvalue weighted by atomic mass is 35.5. The van der Waals surface area contributed by atoms with Gasteiger partial charge in [-0.3, -0.25) is 0 Å². The first kappa shape index (κ1) is 33.0. The van der Waals surface area contributed by atoms with Gasteiger partial charge in [-0.05, 0) is 24.8 Å². The molecule has 0 radical (unpaired) electrons. The molecule has 0 fully saturated rings. The Morgan fingerprint density at radius 1 is 0.710 bits per heavy atom. The molecule has 8 nitrogen and oxygen atoms in total. The van der Waals surface area contributed by atoms with Gasteiger partial charge in [-0.2, -0.15) is 0 Å². The Hall–Kier alpha value is -2.61. The van der Waals surface area contributed by atoms with Crippen molar-refractivity contribution in [1.29, 1.82) is 0 Å². The van der Waals surface area contributed by atoms with Crippen molar-refractivity contribution in [1.82, 2.24) is 0 Å². The molecule has 0 aliphatic carbocycles. The Labute approximate surface area is 189 Å². The van der Waals surface area contributed by atoms with Gasteiger partial charge < -0.3 is 19.3 Å². The zero-order valence-electron chi connectivity index (χ0n) is 18.6. The van der Waals surface area contributed by atoms with Crippen LogP contribution < -0.4 is 0 Å². The van der Waals surface area contributed by atoms with Gasteiger partial charge in [0.1, 0.15) is 0 Å². The number of rotatable bonds is 13. The zero-order chi connectivity index (χ0) is 24.3. The predicted molar refractivity (Wildman–Crippen MR) is 120 cm³/mol. The van der Waals surface area contributed by atoms with Crippen LogP contribution in [0.25, 0.3) is 0 Å². The Bertz CT molecular complexity index is 532. The summed E-state index contributed by atoms with van der Waals surface area (Å²) in [6.07, 6.45) is 9.20. The van der Waals surface area contributed by atoms with E-state index < -0.39 is 23.9 Å². The summed E-state index contributed by atoms with van der Waals surface area (Å²) in [4.78, 5) is 42.7. The summed E-state index contributed by atoms with van der Waals surface area (Å²) in [6, 6.07) is 0. The number of carbonyl (C=O) groups is 4. The molecule has 0 bridgehead atoms. The molecule has 0 unspecified atom stereocenters. The minimum absolute atomic E-state index is 0.347. The summed E-state index contributed by atoms with van der Waals surface area (Å²) in [5.41, 5.74) is 1.22. The van der Waals surface area contributed by atoms with E-state index in [1.165, 1.54) is 5.54 Å². The molecule has 0 saturated heterocycles. The summed E-state index contributed by atoms with van der Waals surface area (Å²) in [7, 11) is 0. The third-order valence-electron chi connectivity index (χ3n) is 2.94. The summed E-state index contributed by atoms with van der Waals surface area (Å²) in [5, 5.41) is 8.14. The Morgan fingerprint density at radius 3 is 1.19 bits per heavy atom. The fourth-order valence-corrected chi connectivity index (χ4v) is 1.37. The van der Waals surface area contributed by atoms with Crippen LogP contribution in [-0.2, 0) is 33.4 Å². The molecular weight excluding hydrogens is 428 g/mol. The van der Waals surface area contributed by atoms with E-state index in [1.54, 1.807) is 0 Å². The topological polar surface area (TPSA) is 116 Å². The van der Waals surface area contributed by atoms with Gasteiger partial charge in [-0.25, -0.2) is 19.2 Å². The largest absolute Gasteiger partial charge is 0.478 e. The SMILES string of the molecule is C=CCl.CCCCOC(=O)/C=C\C(=O)O.CCCCOC(=O)/C=C\C(=O)OCCCC. The number of carboxylic acids is 1. The van der Waals surface area contributed by atoms with Crippen LogP contribution in [0, 0.1) is 0 Å². The highest BCUT2D eigenvalue weighted by Gasteiger charge is 2.00. The fourth-order valence-electron chi connectivity index (χ4n) is 1.37. The van der Waals surface area contributed by atoms with Crippen LogP contribution in [0.1, 0.15) is 59.3 Å². The second-order valence-corrected chi connectivity index (χ2v) is 6.03. The number of carbonyl (C=O) groups excluding carboxylic acids is 3.